The molecule has 1 aromatic heterocycles. The van der Waals surface area contributed by atoms with Crippen LogP contribution in [-0.4, -0.2) is 0 Å². The van der Waals surface area contributed by atoms with Crippen LogP contribution < -0.4 is 5.32 Å². The van der Waals surface area contributed by atoms with E-state index in [4.69, 9.17) is 4.42 Å². The van der Waals surface area contributed by atoms with Gasteiger partial charge in [0.25, 0.3) is 0 Å². The zero-order valence-corrected chi connectivity index (χ0v) is 12.8. The molecule has 2 aromatic carbocycles. The maximum absolute atomic E-state index is 5.71. The van der Waals surface area contributed by atoms with E-state index in [9.17, 15) is 0 Å². The lowest BCUT2D eigenvalue weighted by Crippen LogP contribution is -2.22. The highest BCUT2D eigenvalue weighted by Gasteiger charge is 2.15. The molecule has 2 nitrogen and oxygen atoms in total. The van der Waals surface area contributed by atoms with Crippen molar-refractivity contribution < 1.29 is 4.42 Å². The van der Waals surface area contributed by atoms with Crippen LogP contribution in [0.4, 0.5) is 0 Å². The summed E-state index contributed by atoms with van der Waals surface area (Å²) in [6.45, 7) is 6.32. The van der Waals surface area contributed by atoms with E-state index in [1.54, 1.807) is 0 Å². The number of rotatable bonds is 4. The molecule has 0 aliphatic carbocycles. The Kier molecular flexibility index (Phi) is 3.80. The Hall–Kier alpha value is -2.06. The molecule has 0 bridgehead atoms. The lowest BCUT2D eigenvalue weighted by Gasteiger charge is -2.20. The Labute approximate surface area is 125 Å². The van der Waals surface area contributed by atoms with Crippen molar-refractivity contribution in [1.29, 1.82) is 0 Å². The molecule has 2 atom stereocenters. The standard InChI is InChI=1S/C19H21NO/c1-13-11-12-19(21-13)15(3)20-14(2)17-10-6-8-16-7-4-5-9-18(16)17/h4-12,14-15,20H,1-3H3. The van der Waals surface area contributed by atoms with Crippen LogP contribution in [-0.2, 0) is 0 Å². The molecule has 0 spiro atoms. The van der Waals surface area contributed by atoms with Gasteiger partial charge in [-0.05, 0) is 49.2 Å². The average molecular weight is 279 g/mol. The van der Waals surface area contributed by atoms with Crippen LogP contribution in [0.5, 0.6) is 0 Å². The van der Waals surface area contributed by atoms with Gasteiger partial charge >= 0.3 is 0 Å². The molecule has 1 N–H and O–H groups in total. The van der Waals surface area contributed by atoms with Gasteiger partial charge in [0.2, 0.25) is 0 Å². The smallest absolute Gasteiger partial charge is 0.120 e. The third kappa shape index (κ3) is 2.86. The summed E-state index contributed by atoms with van der Waals surface area (Å²) in [5.74, 6) is 1.94. The van der Waals surface area contributed by atoms with Crippen molar-refractivity contribution in [2.24, 2.45) is 0 Å². The van der Waals surface area contributed by atoms with Gasteiger partial charge in [-0.3, -0.25) is 0 Å². The molecule has 0 saturated carbocycles. The number of benzene rings is 2. The summed E-state index contributed by atoms with van der Waals surface area (Å²) in [7, 11) is 0. The quantitative estimate of drug-likeness (QED) is 0.714. The predicted octanol–water partition coefficient (Wildman–Crippen LogP) is 5.15. The minimum absolute atomic E-state index is 0.188. The largest absolute Gasteiger partial charge is 0.465 e. The van der Waals surface area contributed by atoms with Crippen LogP contribution in [0.2, 0.25) is 0 Å². The molecule has 0 radical (unpaired) electrons. The van der Waals surface area contributed by atoms with Crippen LogP contribution in [0, 0.1) is 6.92 Å². The maximum Gasteiger partial charge on any atom is 0.120 e. The van der Waals surface area contributed by atoms with Crippen LogP contribution >= 0.6 is 0 Å². The highest BCUT2D eigenvalue weighted by atomic mass is 16.3. The molecule has 3 aromatic rings. The second-order valence-corrected chi connectivity index (χ2v) is 5.63. The summed E-state index contributed by atoms with van der Waals surface area (Å²) in [5.41, 5.74) is 1.32. The highest BCUT2D eigenvalue weighted by Crippen LogP contribution is 2.26. The molecular weight excluding hydrogens is 258 g/mol. The molecule has 2 unspecified atom stereocenters. The first-order chi connectivity index (χ1) is 10.1. The molecule has 108 valence electrons. The van der Waals surface area contributed by atoms with Gasteiger partial charge in [0.1, 0.15) is 11.5 Å². The van der Waals surface area contributed by atoms with Crippen molar-refractivity contribution in [1.82, 2.24) is 5.32 Å². The zero-order chi connectivity index (χ0) is 14.8. The second kappa shape index (κ2) is 5.74. The molecular formula is C19H21NO. The van der Waals surface area contributed by atoms with Crippen LogP contribution in [0.15, 0.2) is 59.0 Å². The predicted molar refractivity (Wildman–Crippen MR) is 87.4 cm³/mol. The molecule has 0 aliphatic rings. The fourth-order valence-electron chi connectivity index (χ4n) is 2.86. The fourth-order valence-corrected chi connectivity index (χ4v) is 2.86. The summed E-state index contributed by atoms with van der Waals surface area (Å²) < 4.78 is 5.71. The average Bonchev–Trinajstić information content (AvgIpc) is 2.93. The number of fused-ring (bicyclic) bond motifs is 1. The van der Waals surface area contributed by atoms with Crippen LogP contribution in [0.25, 0.3) is 10.8 Å². The number of furan rings is 1. The van der Waals surface area contributed by atoms with Crippen LogP contribution in [0.1, 0.15) is 43.0 Å². The first-order valence-electron chi connectivity index (χ1n) is 7.45. The Morgan fingerprint density at radius 2 is 1.62 bits per heavy atom. The monoisotopic (exact) mass is 279 g/mol. The SMILES string of the molecule is Cc1ccc(C(C)NC(C)c2cccc3ccccc23)o1. The van der Waals surface area contributed by atoms with Crippen molar-refractivity contribution in [2.45, 2.75) is 32.9 Å². The summed E-state index contributed by atoms with van der Waals surface area (Å²) in [4.78, 5) is 0. The van der Waals surface area contributed by atoms with Gasteiger partial charge in [-0.1, -0.05) is 42.5 Å². The third-order valence-corrected chi connectivity index (χ3v) is 3.98. The van der Waals surface area contributed by atoms with Gasteiger partial charge in [0.15, 0.2) is 0 Å². The summed E-state index contributed by atoms with van der Waals surface area (Å²) >= 11 is 0. The molecule has 21 heavy (non-hydrogen) atoms. The van der Waals surface area contributed by atoms with E-state index in [-0.39, 0.29) is 12.1 Å². The van der Waals surface area contributed by atoms with E-state index in [0.717, 1.165) is 11.5 Å². The number of aryl methyl sites for hydroxylation is 1. The number of hydrogen-bond donors (Lipinski definition) is 1. The molecule has 3 rings (SSSR count). The lowest BCUT2D eigenvalue weighted by molar-refractivity contribution is 0.393. The first-order valence-corrected chi connectivity index (χ1v) is 7.45. The second-order valence-electron chi connectivity index (χ2n) is 5.63. The van der Waals surface area contributed by atoms with Crippen molar-refractivity contribution in [2.75, 3.05) is 0 Å². The van der Waals surface area contributed by atoms with Gasteiger partial charge < -0.3 is 9.73 Å². The lowest BCUT2D eigenvalue weighted by atomic mass is 9.99. The minimum Gasteiger partial charge on any atom is -0.465 e. The number of nitrogens with one attached hydrogen (secondary N) is 1. The molecule has 2 heteroatoms. The molecule has 0 saturated heterocycles. The molecule has 1 heterocycles. The van der Waals surface area contributed by atoms with E-state index in [0.29, 0.717) is 0 Å². The van der Waals surface area contributed by atoms with E-state index in [1.165, 1.54) is 16.3 Å². The maximum atomic E-state index is 5.71. The van der Waals surface area contributed by atoms with E-state index >= 15 is 0 Å². The molecule has 0 fully saturated rings. The Bertz CT molecular complexity index is 739. The van der Waals surface area contributed by atoms with E-state index < -0.39 is 0 Å². The molecule has 0 aliphatic heterocycles. The van der Waals surface area contributed by atoms with Gasteiger partial charge in [-0.15, -0.1) is 0 Å². The number of hydrogen-bond acceptors (Lipinski definition) is 2. The van der Waals surface area contributed by atoms with Crippen molar-refractivity contribution in [3.8, 4) is 0 Å². The highest BCUT2D eigenvalue weighted by molar-refractivity contribution is 5.86. The fraction of sp³-hybridized carbons (Fsp3) is 0.263. The van der Waals surface area contributed by atoms with Gasteiger partial charge in [-0.25, -0.2) is 0 Å². The summed E-state index contributed by atoms with van der Waals surface area (Å²) in [6.07, 6.45) is 0. The molecule has 0 amide bonds. The topological polar surface area (TPSA) is 25.2 Å². The Morgan fingerprint density at radius 3 is 2.38 bits per heavy atom. The minimum atomic E-state index is 0.188. The summed E-state index contributed by atoms with van der Waals surface area (Å²) in [5, 5.41) is 6.21. The van der Waals surface area contributed by atoms with E-state index in [2.05, 4.69) is 61.6 Å². The van der Waals surface area contributed by atoms with E-state index in [1.807, 2.05) is 19.1 Å². The Morgan fingerprint density at radius 1 is 0.857 bits per heavy atom. The van der Waals surface area contributed by atoms with Crippen molar-refractivity contribution >= 4 is 10.8 Å². The first kappa shape index (κ1) is 13.9. The van der Waals surface area contributed by atoms with Crippen LogP contribution in [0.3, 0.4) is 0 Å². The van der Waals surface area contributed by atoms with Crippen molar-refractivity contribution in [3.05, 3.63) is 71.7 Å². The van der Waals surface area contributed by atoms with Gasteiger partial charge in [-0.2, -0.15) is 0 Å². The normalized spacial score (nSPS) is 14.2. The summed E-state index contributed by atoms with van der Waals surface area (Å²) in [6, 6.07) is 19.5. The van der Waals surface area contributed by atoms with Gasteiger partial charge in [0.05, 0.1) is 6.04 Å². The van der Waals surface area contributed by atoms with Crippen molar-refractivity contribution in [3.63, 3.8) is 0 Å². The van der Waals surface area contributed by atoms with Gasteiger partial charge in [0, 0.05) is 6.04 Å². The zero-order valence-electron chi connectivity index (χ0n) is 12.8. The Balaban J connectivity index is 1.85. The third-order valence-electron chi connectivity index (χ3n) is 3.98.